The van der Waals surface area contributed by atoms with Gasteiger partial charge in [-0.3, -0.25) is 4.98 Å². The van der Waals surface area contributed by atoms with Gasteiger partial charge in [0.2, 0.25) is 0 Å². The van der Waals surface area contributed by atoms with Crippen LogP contribution in [-0.2, 0) is 6.42 Å². The average molecular weight is 243 g/mol. The van der Waals surface area contributed by atoms with E-state index in [0.717, 1.165) is 29.7 Å². The Morgan fingerprint density at radius 2 is 1.83 bits per heavy atom. The van der Waals surface area contributed by atoms with Gasteiger partial charge in [0.15, 0.2) is 0 Å². The zero-order valence-corrected chi connectivity index (χ0v) is 10.9. The first kappa shape index (κ1) is 12.7. The van der Waals surface area contributed by atoms with E-state index in [1.54, 1.807) is 12.1 Å². The van der Waals surface area contributed by atoms with Crippen molar-refractivity contribution in [3.05, 3.63) is 54.1 Å². The molecule has 0 bridgehead atoms. The van der Waals surface area contributed by atoms with Gasteiger partial charge in [0, 0.05) is 11.9 Å². The van der Waals surface area contributed by atoms with Crippen molar-refractivity contribution in [2.45, 2.75) is 26.7 Å². The van der Waals surface area contributed by atoms with E-state index in [0.29, 0.717) is 5.92 Å². The Balaban J connectivity index is 2.24. The lowest BCUT2D eigenvalue weighted by molar-refractivity contribution is 0.553. The maximum absolute atomic E-state index is 12.9. The maximum Gasteiger partial charge on any atom is 0.123 e. The number of rotatable bonds is 4. The number of hydrogen-bond donors (Lipinski definition) is 0. The molecule has 2 aromatic rings. The van der Waals surface area contributed by atoms with Crippen molar-refractivity contribution in [1.29, 1.82) is 0 Å². The molecule has 2 rings (SSSR count). The van der Waals surface area contributed by atoms with Gasteiger partial charge >= 0.3 is 0 Å². The van der Waals surface area contributed by atoms with Gasteiger partial charge in [-0.15, -0.1) is 0 Å². The summed E-state index contributed by atoms with van der Waals surface area (Å²) in [4.78, 5) is 4.40. The van der Waals surface area contributed by atoms with Crippen LogP contribution in [0.3, 0.4) is 0 Å². The van der Waals surface area contributed by atoms with Gasteiger partial charge in [-0.05, 0) is 47.7 Å². The molecule has 1 nitrogen and oxygen atoms in total. The lowest BCUT2D eigenvalue weighted by Crippen LogP contribution is -2.00. The molecule has 1 heterocycles. The summed E-state index contributed by atoms with van der Waals surface area (Å²) in [6.45, 7) is 4.42. The molecule has 0 aliphatic heterocycles. The van der Waals surface area contributed by atoms with Gasteiger partial charge < -0.3 is 0 Å². The van der Waals surface area contributed by atoms with Crippen LogP contribution in [0.4, 0.5) is 4.39 Å². The fraction of sp³-hybridized carbons (Fsp3) is 0.312. The number of pyridine rings is 1. The molecule has 0 amide bonds. The Hall–Kier alpha value is -1.70. The quantitative estimate of drug-likeness (QED) is 0.771. The fourth-order valence-corrected chi connectivity index (χ4v) is 1.91. The number of hydrogen-bond acceptors (Lipinski definition) is 1. The maximum atomic E-state index is 12.9. The van der Waals surface area contributed by atoms with Crippen LogP contribution in [0.5, 0.6) is 0 Å². The molecule has 2 heteroatoms. The van der Waals surface area contributed by atoms with Crippen LogP contribution in [0.2, 0.25) is 0 Å². The predicted octanol–water partition coefficient (Wildman–Crippen LogP) is 4.48. The minimum absolute atomic E-state index is 0.201. The first-order valence-electron chi connectivity index (χ1n) is 6.40. The van der Waals surface area contributed by atoms with Crippen LogP contribution in [0, 0.1) is 11.7 Å². The third-order valence-electron chi connectivity index (χ3n) is 3.25. The summed E-state index contributed by atoms with van der Waals surface area (Å²) in [6.07, 6.45) is 3.98. The lowest BCUT2D eigenvalue weighted by atomic mass is 10.00. The minimum Gasteiger partial charge on any atom is -0.261 e. The summed E-state index contributed by atoms with van der Waals surface area (Å²) in [6, 6.07) is 10.6. The van der Waals surface area contributed by atoms with E-state index in [2.05, 4.69) is 24.9 Å². The standard InChI is InChI=1S/C16H18FN/c1-3-12(2)10-16-11-14(8-9-18-16)13-4-6-15(17)7-5-13/h4-9,11-12H,3,10H2,1-2H3/t12-/m0/s1. The van der Waals surface area contributed by atoms with Gasteiger partial charge in [0.25, 0.3) is 0 Å². The topological polar surface area (TPSA) is 12.9 Å². The molecule has 0 saturated carbocycles. The molecule has 0 unspecified atom stereocenters. The van der Waals surface area contributed by atoms with Crippen molar-refractivity contribution >= 4 is 0 Å². The molecule has 0 aliphatic rings. The van der Waals surface area contributed by atoms with Crippen LogP contribution in [0.1, 0.15) is 26.0 Å². The molecule has 1 aromatic carbocycles. The molecule has 0 spiro atoms. The molecule has 18 heavy (non-hydrogen) atoms. The van der Waals surface area contributed by atoms with Crippen molar-refractivity contribution in [1.82, 2.24) is 4.98 Å². The van der Waals surface area contributed by atoms with Crippen molar-refractivity contribution in [3.8, 4) is 11.1 Å². The van der Waals surface area contributed by atoms with E-state index in [1.165, 1.54) is 12.1 Å². The van der Waals surface area contributed by atoms with Crippen molar-refractivity contribution in [3.63, 3.8) is 0 Å². The van der Waals surface area contributed by atoms with Gasteiger partial charge in [0.1, 0.15) is 5.82 Å². The van der Waals surface area contributed by atoms with E-state index in [9.17, 15) is 4.39 Å². The summed E-state index contributed by atoms with van der Waals surface area (Å²) < 4.78 is 12.9. The third kappa shape index (κ3) is 3.16. The highest BCUT2D eigenvalue weighted by molar-refractivity contribution is 5.63. The van der Waals surface area contributed by atoms with E-state index in [1.807, 2.05) is 12.3 Å². The van der Waals surface area contributed by atoms with Crippen LogP contribution >= 0.6 is 0 Å². The molecule has 0 radical (unpaired) electrons. The highest BCUT2D eigenvalue weighted by Crippen LogP contribution is 2.21. The average Bonchev–Trinajstić information content (AvgIpc) is 2.40. The number of nitrogens with zero attached hydrogens (tertiary/aromatic N) is 1. The van der Waals surface area contributed by atoms with Crippen molar-refractivity contribution < 1.29 is 4.39 Å². The van der Waals surface area contributed by atoms with Gasteiger partial charge in [0.05, 0.1) is 0 Å². The van der Waals surface area contributed by atoms with E-state index in [4.69, 9.17) is 0 Å². The highest BCUT2D eigenvalue weighted by Gasteiger charge is 2.04. The molecule has 0 fully saturated rings. The zero-order chi connectivity index (χ0) is 13.0. The molecule has 0 N–H and O–H groups in total. The monoisotopic (exact) mass is 243 g/mol. The Morgan fingerprint density at radius 1 is 1.11 bits per heavy atom. The third-order valence-corrected chi connectivity index (χ3v) is 3.25. The highest BCUT2D eigenvalue weighted by atomic mass is 19.1. The Kier molecular flexibility index (Phi) is 4.08. The normalized spacial score (nSPS) is 12.4. The second kappa shape index (κ2) is 5.76. The molecular formula is C16H18FN. The first-order chi connectivity index (χ1) is 8.69. The summed E-state index contributed by atoms with van der Waals surface area (Å²) in [5.74, 6) is 0.439. The Morgan fingerprint density at radius 3 is 2.50 bits per heavy atom. The van der Waals surface area contributed by atoms with E-state index in [-0.39, 0.29) is 5.82 Å². The first-order valence-corrected chi connectivity index (χ1v) is 6.40. The molecule has 0 saturated heterocycles. The second-order valence-electron chi connectivity index (χ2n) is 4.76. The summed E-state index contributed by atoms with van der Waals surface area (Å²) in [7, 11) is 0. The minimum atomic E-state index is -0.201. The number of benzene rings is 1. The van der Waals surface area contributed by atoms with E-state index >= 15 is 0 Å². The smallest absolute Gasteiger partial charge is 0.123 e. The molecule has 0 aliphatic carbocycles. The Bertz CT molecular complexity index is 505. The van der Waals surface area contributed by atoms with E-state index < -0.39 is 0 Å². The molecular weight excluding hydrogens is 225 g/mol. The van der Waals surface area contributed by atoms with Crippen LogP contribution in [0.15, 0.2) is 42.6 Å². The van der Waals surface area contributed by atoms with Crippen molar-refractivity contribution in [2.24, 2.45) is 5.92 Å². The van der Waals surface area contributed by atoms with Gasteiger partial charge in [-0.2, -0.15) is 0 Å². The number of halogens is 1. The fourth-order valence-electron chi connectivity index (χ4n) is 1.91. The SMILES string of the molecule is CC[C@H](C)Cc1cc(-c2ccc(F)cc2)ccn1. The summed E-state index contributed by atoms with van der Waals surface area (Å²) >= 11 is 0. The van der Waals surface area contributed by atoms with Crippen LogP contribution in [0.25, 0.3) is 11.1 Å². The van der Waals surface area contributed by atoms with Crippen molar-refractivity contribution in [2.75, 3.05) is 0 Å². The van der Waals surface area contributed by atoms with Gasteiger partial charge in [-0.1, -0.05) is 32.4 Å². The zero-order valence-electron chi connectivity index (χ0n) is 10.9. The lowest BCUT2D eigenvalue weighted by Gasteiger charge is -2.09. The van der Waals surface area contributed by atoms with Gasteiger partial charge in [-0.25, -0.2) is 4.39 Å². The largest absolute Gasteiger partial charge is 0.261 e. The Labute approximate surface area is 108 Å². The van der Waals surface area contributed by atoms with Crippen LogP contribution in [-0.4, -0.2) is 4.98 Å². The molecule has 1 atom stereocenters. The summed E-state index contributed by atoms with van der Waals surface area (Å²) in [5, 5.41) is 0. The molecule has 94 valence electrons. The van der Waals surface area contributed by atoms with Crippen LogP contribution < -0.4 is 0 Å². The number of aromatic nitrogens is 1. The molecule has 1 aromatic heterocycles. The predicted molar refractivity (Wildman–Crippen MR) is 72.8 cm³/mol. The second-order valence-corrected chi connectivity index (χ2v) is 4.76. The summed E-state index contributed by atoms with van der Waals surface area (Å²) in [5.41, 5.74) is 3.23.